The molecule has 1 amide bonds. The van der Waals surface area contributed by atoms with Gasteiger partial charge in [0.25, 0.3) is 0 Å². The molecule has 0 saturated carbocycles. The number of methoxy groups -OCH3 is 1. The number of hydrogen-bond acceptors (Lipinski definition) is 5. The van der Waals surface area contributed by atoms with Crippen molar-refractivity contribution in [2.24, 2.45) is 0 Å². The molecule has 0 unspecified atom stereocenters. The molecule has 0 aliphatic rings. The number of nitrogens with two attached hydrogens (primary N) is 2. The first-order valence-corrected chi connectivity index (χ1v) is 7.93. The third kappa shape index (κ3) is 4.05. The van der Waals surface area contributed by atoms with Crippen LogP contribution in [0.5, 0.6) is 11.5 Å². The maximum Gasteiger partial charge on any atom is 0.417 e. The Morgan fingerprint density at radius 2 is 1.65 bits per heavy atom. The second-order valence-corrected chi connectivity index (χ2v) is 5.62. The van der Waals surface area contributed by atoms with Crippen LogP contribution in [0, 0.1) is 0 Å². The predicted octanol–water partition coefficient (Wildman–Crippen LogP) is 4.14. The summed E-state index contributed by atoms with van der Waals surface area (Å²) < 4.78 is 10.3. The number of anilines is 3. The zero-order valence-corrected chi connectivity index (χ0v) is 14.2. The van der Waals surface area contributed by atoms with Crippen molar-refractivity contribution in [2.75, 3.05) is 23.9 Å². The van der Waals surface area contributed by atoms with Crippen LogP contribution in [-0.2, 0) is 0 Å². The van der Waals surface area contributed by atoms with Gasteiger partial charge in [-0.2, -0.15) is 0 Å². The summed E-state index contributed by atoms with van der Waals surface area (Å²) in [5, 5.41) is 2.65. The molecule has 0 heterocycles. The second kappa shape index (κ2) is 7.48. The van der Waals surface area contributed by atoms with E-state index in [1.807, 2.05) is 30.3 Å². The minimum absolute atomic E-state index is 0.410. The Morgan fingerprint density at radius 3 is 2.31 bits per heavy atom. The average molecular weight is 349 g/mol. The molecule has 132 valence electrons. The Labute approximate surface area is 151 Å². The molecule has 0 fully saturated rings. The number of benzene rings is 3. The summed E-state index contributed by atoms with van der Waals surface area (Å²) in [5.41, 5.74) is 15.4. The molecule has 0 aliphatic carbocycles. The van der Waals surface area contributed by atoms with Gasteiger partial charge in [0.2, 0.25) is 0 Å². The lowest BCUT2D eigenvalue weighted by Gasteiger charge is -2.11. The molecule has 6 nitrogen and oxygen atoms in total. The van der Waals surface area contributed by atoms with Gasteiger partial charge >= 0.3 is 6.09 Å². The highest BCUT2D eigenvalue weighted by atomic mass is 16.6. The molecule has 0 bridgehead atoms. The number of nitrogen functional groups attached to an aromatic ring is 2. The molecule has 0 aliphatic heterocycles. The number of rotatable bonds is 4. The summed E-state index contributed by atoms with van der Waals surface area (Å²) >= 11 is 0. The zero-order chi connectivity index (χ0) is 18.5. The van der Waals surface area contributed by atoms with Crippen LogP contribution in [0.15, 0.2) is 66.7 Å². The van der Waals surface area contributed by atoms with Crippen molar-refractivity contribution in [3.05, 3.63) is 66.7 Å². The van der Waals surface area contributed by atoms with Gasteiger partial charge < -0.3 is 20.9 Å². The highest BCUT2D eigenvalue weighted by Gasteiger charge is 2.08. The fourth-order valence-corrected chi connectivity index (χ4v) is 2.50. The Kier molecular flexibility index (Phi) is 4.94. The van der Waals surface area contributed by atoms with Crippen LogP contribution in [0.2, 0.25) is 0 Å². The number of carbonyl (C=O) groups excluding carboxylic acids is 1. The summed E-state index contributed by atoms with van der Waals surface area (Å²) in [6.07, 6.45) is -0.605. The fourth-order valence-electron chi connectivity index (χ4n) is 2.50. The molecule has 3 aromatic carbocycles. The smallest absolute Gasteiger partial charge is 0.417 e. The van der Waals surface area contributed by atoms with Crippen LogP contribution in [-0.4, -0.2) is 13.2 Å². The number of hydrogen-bond donors (Lipinski definition) is 3. The van der Waals surface area contributed by atoms with Gasteiger partial charge in [0.1, 0.15) is 11.5 Å². The van der Waals surface area contributed by atoms with E-state index in [-0.39, 0.29) is 0 Å². The van der Waals surface area contributed by atoms with E-state index in [4.69, 9.17) is 20.9 Å². The molecule has 3 aromatic rings. The second-order valence-electron chi connectivity index (χ2n) is 5.62. The number of nitrogens with one attached hydrogen (secondary N) is 1. The number of ether oxygens (including phenoxy) is 2. The van der Waals surface area contributed by atoms with E-state index in [0.717, 1.165) is 11.1 Å². The number of carbonyl (C=O) groups is 1. The molecule has 0 spiro atoms. The van der Waals surface area contributed by atoms with E-state index in [9.17, 15) is 4.79 Å². The van der Waals surface area contributed by atoms with Gasteiger partial charge in [-0.15, -0.1) is 0 Å². The standard InChI is InChI=1S/C20H19N3O3/c1-25-16-6-8-17(9-7-16)26-20(24)23-15-5-10-18(19(22)12-15)13-3-2-4-14(21)11-13/h2-12H,21-22H2,1H3,(H,23,24). The minimum Gasteiger partial charge on any atom is -0.497 e. The van der Waals surface area contributed by atoms with Gasteiger partial charge in [-0.25, -0.2) is 4.79 Å². The highest BCUT2D eigenvalue weighted by Crippen LogP contribution is 2.29. The molecule has 0 atom stereocenters. The van der Waals surface area contributed by atoms with E-state index in [2.05, 4.69) is 5.32 Å². The zero-order valence-electron chi connectivity index (χ0n) is 14.2. The van der Waals surface area contributed by atoms with Gasteiger partial charge in [0.05, 0.1) is 7.11 Å². The average Bonchev–Trinajstić information content (AvgIpc) is 2.62. The molecule has 0 saturated heterocycles. The molecule has 26 heavy (non-hydrogen) atoms. The summed E-state index contributed by atoms with van der Waals surface area (Å²) in [6, 6.07) is 19.4. The topological polar surface area (TPSA) is 99.6 Å². The third-order valence-corrected chi connectivity index (χ3v) is 3.77. The molecule has 3 rings (SSSR count). The lowest BCUT2D eigenvalue weighted by molar-refractivity contribution is 0.215. The van der Waals surface area contributed by atoms with E-state index >= 15 is 0 Å². The summed E-state index contributed by atoms with van der Waals surface area (Å²) in [6.45, 7) is 0. The maximum absolute atomic E-state index is 12.0. The van der Waals surface area contributed by atoms with Gasteiger partial charge in [-0.05, 0) is 54.1 Å². The Morgan fingerprint density at radius 1 is 0.923 bits per heavy atom. The fraction of sp³-hybridized carbons (Fsp3) is 0.0500. The van der Waals surface area contributed by atoms with Crippen LogP contribution < -0.4 is 26.3 Å². The SMILES string of the molecule is COc1ccc(OC(=O)Nc2ccc(-c3cccc(N)c3)c(N)c2)cc1. The van der Waals surface area contributed by atoms with Crippen molar-refractivity contribution in [3.8, 4) is 22.6 Å². The normalized spacial score (nSPS) is 10.2. The van der Waals surface area contributed by atoms with E-state index < -0.39 is 6.09 Å². The lowest BCUT2D eigenvalue weighted by Crippen LogP contribution is -2.16. The first kappa shape index (κ1) is 17.2. The Hall–Kier alpha value is -3.67. The van der Waals surface area contributed by atoms with Crippen molar-refractivity contribution in [1.29, 1.82) is 0 Å². The van der Waals surface area contributed by atoms with Gasteiger partial charge in [0.15, 0.2) is 0 Å². The van der Waals surface area contributed by atoms with E-state index in [0.29, 0.717) is 28.6 Å². The lowest BCUT2D eigenvalue weighted by atomic mass is 10.0. The van der Waals surface area contributed by atoms with Crippen molar-refractivity contribution in [2.45, 2.75) is 0 Å². The largest absolute Gasteiger partial charge is 0.497 e. The third-order valence-electron chi connectivity index (χ3n) is 3.77. The van der Waals surface area contributed by atoms with Crippen LogP contribution >= 0.6 is 0 Å². The summed E-state index contributed by atoms with van der Waals surface area (Å²) in [4.78, 5) is 12.0. The van der Waals surface area contributed by atoms with Crippen LogP contribution in [0.4, 0.5) is 21.9 Å². The monoisotopic (exact) mass is 349 g/mol. The first-order valence-electron chi connectivity index (χ1n) is 7.93. The van der Waals surface area contributed by atoms with Crippen molar-refractivity contribution in [3.63, 3.8) is 0 Å². The Balaban J connectivity index is 1.69. The number of amides is 1. The summed E-state index contributed by atoms with van der Waals surface area (Å²) in [7, 11) is 1.57. The molecule has 6 heteroatoms. The van der Waals surface area contributed by atoms with E-state index in [1.54, 1.807) is 43.5 Å². The molecule has 0 radical (unpaired) electrons. The summed E-state index contributed by atoms with van der Waals surface area (Å²) in [5.74, 6) is 1.09. The Bertz CT molecular complexity index is 924. The van der Waals surface area contributed by atoms with Crippen molar-refractivity contribution >= 4 is 23.2 Å². The van der Waals surface area contributed by atoms with Crippen LogP contribution in [0.25, 0.3) is 11.1 Å². The molecule has 0 aromatic heterocycles. The first-order chi connectivity index (χ1) is 12.5. The van der Waals surface area contributed by atoms with Crippen LogP contribution in [0.1, 0.15) is 0 Å². The van der Waals surface area contributed by atoms with E-state index in [1.165, 1.54) is 0 Å². The maximum atomic E-state index is 12.0. The molecule has 5 N–H and O–H groups in total. The molecular formula is C20H19N3O3. The highest BCUT2D eigenvalue weighted by molar-refractivity contribution is 5.89. The molecular weight excluding hydrogens is 330 g/mol. The van der Waals surface area contributed by atoms with Gasteiger partial charge in [-0.3, -0.25) is 5.32 Å². The predicted molar refractivity (Wildman–Crippen MR) is 103 cm³/mol. The van der Waals surface area contributed by atoms with Gasteiger partial charge in [-0.1, -0.05) is 18.2 Å². The minimum atomic E-state index is -0.605. The van der Waals surface area contributed by atoms with Gasteiger partial charge in [0, 0.05) is 22.6 Å². The van der Waals surface area contributed by atoms with Crippen molar-refractivity contribution < 1.29 is 14.3 Å². The van der Waals surface area contributed by atoms with Crippen LogP contribution in [0.3, 0.4) is 0 Å². The van der Waals surface area contributed by atoms with Crippen molar-refractivity contribution in [1.82, 2.24) is 0 Å². The quantitative estimate of drug-likeness (QED) is 0.615.